The van der Waals surface area contributed by atoms with Crippen molar-refractivity contribution in [2.45, 2.75) is 18.0 Å². The van der Waals surface area contributed by atoms with Crippen LogP contribution in [0.5, 0.6) is 0 Å². The zero-order chi connectivity index (χ0) is 13.9. The van der Waals surface area contributed by atoms with Gasteiger partial charge in [-0.05, 0) is 6.42 Å². The highest BCUT2D eigenvalue weighted by atomic mass is 16.6. The first kappa shape index (κ1) is 14.1. The second kappa shape index (κ2) is 5.79. The fourth-order valence-electron chi connectivity index (χ4n) is 2.29. The molecule has 2 unspecified atom stereocenters. The smallest absolute Gasteiger partial charge is 0.266 e. The van der Waals surface area contributed by atoms with Gasteiger partial charge in [0.15, 0.2) is 0 Å². The Labute approximate surface area is 112 Å². The van der Waals surface area contributed by atoms with E-state index in [9.17, 15) is 10.1 Å². The number of nitrogens with two attached hydrogens (primary N) is 2. The lowest BCUT2D eigenvalue weighted by Crippen LogP contribution is -2.56. The van der Waals surface area contributed by atoms with Crippen LogP contribution < -0.4 is 11.5 Å². The lowest BCUT2D eigenvalue weighted by Gasteiger charge is -2.35. The van der Waals surface area contributed by atoms with Crippen LogP contribution >= 0.6 is 0 Å². The highest BCUT2D eigenvalue weighted by Crippen LogP contribution is 2.22. The number of allylic oxidation sites excluding steroid dienone is 1. The number of nitrogens with zero attached hydrogens (tertiary/aromatic N) is 2. The summed E-state index contributed by atoms with van der Waals surface area (Å²) in [6, 6.07) is -0.529. The summed E-state index contributed by atoms with van der Waals surface area (Å²) in [6.45, 7) is 4.09. The first-order chi connectivity index (χ1) is 9.01. The van der Waals surface area contributed by atoms with E-state index < -0.39 is 16.5 Å². The van der Waals surface area contributed by atoms with Gasteiger partial charge < -0.3 is 16.2 Å². The van der Waals surface area contributed by atoms with Crippen LogP contribution in [0.3, 0.4) is 0 Å². The molecule has 2 aliphatic rings. The van der Waals surface area contributed by atoms with Crippen molar-refractivity contribution in [3.63, 3.8) is 0 Å². The van der Waals surface area contributed by atoms with Gasteiger partial charge in [-0.15, -0.1) is 0 Å². The molecule has 1 saturated heterocycles. The van der Waals surface area contributed by atoms with E-state index in [2.05, 4.69) is 4.90 Å². The molecule has 0 bridgehead atoms. The second-order valence-corrected chi connectivity index (χ2v) is 5.02. The summed E-state index contributed by atoms with van der Waals surface area (Å²) in [7, 11) is 0. The lowest BCUT2D eigenvalue weighted by atomic mass is 9.84. The molecule has 0 aromatic rings. The first-order valence-electron chi connectivity index (χ1n) is 6.41. The third kappa shape index (κ3) is 3.38. The Morgan fingerprint density at radius 2 is 2.21 bits per heavy atom. The molecular weight excluding hydrogens is 248 g/mol. The molecular formula is C12H20N4O3. The molecule has 1 aliphatic heterocycles. The highest BCUT2D eigenvalue weighted by Gasteiger charge is 2.34. The number of ether oxygens (including phenoxy) is 1. The number of morpholine rings is 1. The van der Waals surface area contributed by atoms with Crippen LogP contribution in [0.25, 0.3) is 0 Å². The maximum absolute atomic E-state index is 10.7. The van der Waals surface area contributed by atoms with E-state index in [1.54, 1.807) is 6.08 Å². The van der Waals surface area contributed by atoms with Crippen molar-refractivity contribution in [2.24, 2.45) is 11.5 Å². The van der Waals surface area contributed by atoms with Crippen molar-refractivity contribution >= 4 is 0 Å². The molecule has 4 N–H and O–H groups in total. The molecule has 2 atom stereocenters. The van der Waals surface area contributed by atoms with E-state index in [1.165, 1.54) is 12.2 Å². The SMILES string of the molecule is NC1C=C([N+](=O)[O-])C=CC1(N)CCN1CCOCC1. The van der Waals surface area contributed by atoms with Gasteiger partial charge in [0.05, 0.1) is 29.7 Å². The molecule has 1 aliphatic carbocycles. The van der Waals surface area contributed by atoms with Gasteiger partial charge in [0.25, 0.3) is 5.70 Å². The monoisotopic (exact) mass is 268 g/mol. The van der Waals surface area contributed by atoms with E-state index in [-0.39, 0.29) is 5.70 Å². The maximum atomic E-state index is 10.7. The van der Waals surface area contributed by atoms with E-state index in [4.69, 9.17) is 16.2 Å². The van der Waals surface area contributed by atoms with Gasteiger partial charge in [-0.3, -0.25) is 15.0 Å². The molecule has 0 saturated carbocycles. The van der Waals surface area contributed by atoms with Crippen LogP contribution in [-0.2, 0) is 4.74 Å². The quantitative estimate of drug-likeness (QED) is 0.524. The van der Waals surface area contributed by atoms with Gasteiger partial charge in [-0.1, -0.05) is 6.08 Å². The summed E-state index contributed by atoms with van der Waals surface area (Å²) in [5.74, 6) is 0. The van der Waals surface area contributed by atoms with Gasteiger partial charge in [-0.2, -0.15) is 0 Å². The maximum Gasteiger partial charge on any atom is 0.266 e. The Morgan fingerprint density at radius 3 is 2.79 bits per heavy atom. The molecule has 7 nitrogen and oxygen atoms in total. The summed E-state index contributed by atoms with van der Waals surface area (Å²) in [6.07, 6.45) is 5.21. The zero-order valence-corrected chi connectivity index (χ0v) is 10.8. The lowest BCUT2D eigenvalue weighted by molar-refractivity contribution is -0.419. The van der Waals surface area contributed by atoms with Crippen LogP contribution in [0.15, 0.2) is 23.9 Å². The van der Waals surface area contributed by atoms with E-state index in [0.717, 1.165) is 32.8 Å². The fourth-order valence-corrected chi connectivity index (χ4v) is 2.29. The minimum atomic E-state index is -0.711. The molecule has 0 radical (unpaired) electrons. The molecule has 0 aromatic heterocycles. The summed E-state index contributed by atoms with van der Waals surface area (Å²) < 4.78 is 5.28. The summed E-state index contributed by atoms with van der Waals surface area (Å²) in [5, 5.41) is 10.7. The number of hydrogen-bond donors (Lipinski definition) is 2. The van der Waals surface area contributed by atoms with Crippen molar-refractivity contribution in [3.05, 3.63) is 34.0 Å². The number of rotatable bonds is 4. The standard InChI is InChI=1S/C12H20N4O3/c13-11-9-10(16(17)18)1-2-12(11,14)3-4-15-5-7-19-8-6-15/h1-2,9,11H,3-8,13-14H2. The average molecular weight is 268 g/mol. The van der Waals surface area contributed by atoms with Crippen molar-refractivity contribution in [1.82, 2.24) is 4.90 Å². The van der Waals surface area contributed by atoms with Gasteiger partial charge in [0.2, 0.25) is 0 Å². The Hall–Kier alpha value is -1.28. The fraction of sp³-hybridized carbons (Fsp3) is 0.667. The highest BCUT2D eigenvalue weighted by molar-refractivity contribution is 5.29. The van der Waals surface area contributed by atoms with Crippen LogP contribution in [0.2, 0.25) is 0 Å². The predicted molar refractivity (Wildman–Crippen MR) is 71.0 cm³/mol. The zero-order valence-electron chi connectivity index (χ0n) is 10.8. The van der Waals surface area contributed by atoms with Crippen LogP contribution in [0.1, 0.15) is 6.42 Å². The molecule has 0 aromatic carbocycles. The molecule has 1 heterocycles. The Morgan fingerprint density at radius 1 is 1.53 bits per heavy atom. The third-order valence-corrected chi connectivity index (χ3v) is 3.71. The Balaban J connectivity index is 1.92. The molecule has 106 valence electrons. The molecule has 0 amide bonds. The largest absolute Gasteiger partial charge is 0.379 e. The minimum Gasteiger partial charge on any atom is -0.379 e. The molecule has 7 heteroatoms. The van der Waals surface area contributed by atoms with E-state index in [1.807, 2.05) is 0 Å². The number of hydrogen-bond acceptors (Lipinski definition) is 6. The summed E-state index contributed by atoms with van der Waals surface area (Å²) in [5.41, 5.74) is 11.5. The van der Waals surface area contributed by atoms with Crippen molar-refractivity contribution < 1.29 is 9.66 Å². The van der Waals surface area contributed by atoms with E-state index >= 15 is 0 Å². The second-order valence-electron chi connectivity index (χ2n) is 5.02. The number of nitro groups is 1. The van der Waals surface area contributed by atoms with Crippen LogP contribution in [-0.4, -0.2) is 54.3 Å². The first-order valence-corrected chi connectivity index (χ1v) is 6.41. The molecule has 1 fully saturated rings. The Kier molecular flexibility index (Phi) is 4.31. The van der Waals surface area contributed by atoms with Crippen molar-refractivity contribution in [1.29, 1.82) is 0 Å². The van der Waals surface area contributed by atoms with Gasteiger partial charge in [-0.25, -0.2) is 0 Å². The average Bonchev–Trinajstić information content (AvgIpc) is 2.41. The third-order valence-electron chi connectivity index (χ3n) is 3.71. The van der Waals surface area contributed by atoms with Gasteiger partial charge in [0, 0.05) is 31.8 Å². The molecule has 2 rings (SSSR count). The summed E-state index contributed by atoms with van der Waals surface area (Å²) in [4.78, 5) is 12.5. The minimum absolute atomic E-state index is 0.0138. The van der Waals surface area contributed by atoms with Crippen LogP contribution in [0.4, 0.5) is 0 Å². The van der Waals surface area contributed by atoms with Crippen molar-refractivity contribution in [3.8, 4) is 0 Å². The van der Waals surface area contributed by atoms with E-state index in [0.29, 0.717) is 6.42 Å². The van der Waals surface area contributed by atoms with Gasteiger partial charge in [0.1, 0.15) is 0 Å². The predicted octanol–water partition coefficient (Wildman–Crippen LogP) is -0.536. The molecule has 19 heavy (non-hydrogen) atoms. The van der Waals surface area contributed by atoms with Crippen LogP contribution in [0, 0.1) is 10.1 Å². The molecule has 0 spiro atoms. The topological polar surface area (TPSA) is 108 Å². The van der Waals surface area contributed by atoms with Gasteiger partial charge >= 0.3 is 0 Å². The normalized spacial score (nSPS) is 32.1. The Bertz CT molecular complexity index is 404. The summed E-state index contributed by atoms with van der Waals surface area (Å²) >= 11 is 0. The van der Waals surface area contributed by atoms with Crippen molar-refractivity contribution in [2.75, 3.05) is 32.8 Å².